The van der Waals surface area contributed by atoms with Crippen molar-refractivity contribution in [3.05, 3.63) is 36.7 Å². The molecule has 0 fully saturated rings. The first-order chi connectivity index (χ1) is 8.63. The molecule has 0 unspecified atom stereocenters. The second kappa shape index (κ2) is 5.35. The predicted molar refractivity (Wildman–Crippen MR) is 71.9 cm³/mol. The molecular weight excluding hydrogens is 228 g/mol. The summed E-state index contributed by atoms with van der Waals surface area (Å²) in [6.07, 6.45) is 3.29. The zero-order chi connectivity index (χ0) is 13.0. The molecule has 94 valence electrons. The predicted octanol–water partition coefficient (Wildman–Crippen LogP) is 2.59. The van der Waals surface area contributed by atoms with Crippen LogP contribution in [0.2, 0.25) is 0 Å². The largest absolute Gasteiger partial charge is 0.474 e. The maximum Gasteiger partial charge on any atom is 0.234 e. The van der Waals surface area contributed by atoms with E-state index in [4.69, 9.17) is 10.5 Å². The van der Waals surface area contributed by atoms with Crippen LogP contribution in [0, 0.1) is 0 Å². The van der Waals surface area contributed by atoms with Gasteiger partial charge in [0.25, 0.3) is 0 Å². The topological polar surface area (TPSA) is 73.1 Å². The Hall–Kier alpha value is -2.30. The average Bonchev–Trinajstić information content (AvgIpc) is 2.28. The molecule has 0 radical (unpaired) electrons. The van der Waals surface area contributed by atoms with E-state index in [0.29, 0.717) is 17.4 Å². The number of nitrogen functional groups attached to an aromatic ring is 1. The molecule has 5 heteroatoms. The SMILES string of the molecule is CC(C)Oc1cncc(Nc2cccc(N)c2)n1. The molecule has 0 aliphatic heterocycles. The standard InChI is InChI=1S/C13H16N4O/c1-9(2)18-13-8-15-7-12(17-13)16-11-5-3-4-10(14)6-11/h3-9H,14H2,1-2H3,(H,16,17). The van der Waals surface area contributed by atoms with Crippen LogP contribution in [-0.2, 0) is 0 Å². The quantitative estimate of drug-likeness (QED) is 0.809. The number of nitrogens with two attached hydrogens (primary N) is 1. The van der Waals surface area contributed by atoms with Crippen LogP contribution >= 0.6 is 0 Å². The Morgan fingerprint density at radius 1 is 1.28 bits per heavy atom. The third-order valence-electron chi connectivity index (χ3n) is 2.13. The summed E-state index contributed by atoms with van der Waals surface area (Å²) >= 11 is 0. The van der Waals surface area contributed by atoms with Crippen LogP contribution < -0.4 is 15.8 Å². The van der Waals surface area contributed by atoms with Crippen molar-refractivity contribution in [3.8, 4) is 5.88 Å². The van der Waals surface area contributed by atoms with E-state index in [-0.39, 0.29) is 6.10 Å². The molecule has 1 aromatic carbocycles. The highest BCUT2D eigenvalue weighted by molar-refractivity contribution is 5.60. The van der Waals surface area contributed by atoms with E-state index in [1.54, 1.807) is 12.4 Å². The van der Waals surface area contributed by atoms with Gasteiger partial charge in [0, 0.05) is 11.4 Å². The maximum absolute atomic E-state index is 5.71. The Morgan fingerprint density at radius 3 is 2.83 bits per heavy atom. The minimum atomic E-state index is 0.0712. The Bertz CT molecular complexity index is 528. The molecule has 0 saturated heterocycles. The van der Waals surface area contributed by atoms with Crippen molar-refractivity contribution >= 4 is 17.2 Å². The number of rotatable bonds is 4. The highest BCUT2D eigenvalue weighted by Crippen LogP contribution is 2.18. The van der Waals surface area contributed by atoms with Crippen molar-refractivity contribution in [1.82, 2.24) is 9.97 Å². The number of ether oxygens (including phenoxy) is 1. The number of benzene rings is 1. The van der Waals surface area contributed by atoms with E-state index in [2.05, 4.69) is 15.3 Å². The Labute approximate surface area is 106 Å². The van der Waals surface area contributed by atoms with Crippen molar-refractivity contribution in [3.63, 3.8) is 0 Å². The van der Waals surface area contributed by atoms with Crippen molar-refractivity contribution < 1.29 is 4.74 Å². The van der Waals surface area contributed by atoms with Crippen LogP contribution in [0.5, 0.6) is 5.88 Å². The van der Waals surface area contributed by atoms with Crippen LogP contribution in [0.4, 0.5) is 17.2 Å². The molecule has 2 rings (SSSR count). The zero-order valence-electron chi connectivity index (χ0n) is 10.4. The molecule has 1 aromatic heterocycles. The fourth-order valence-electron chi connectivity index (χ4n) is 1.47. The maximum atomic E-state index is 5.71. The van der Waals surface area contributed by atoms with Crippen molar-refractivity contribution in [2.24, 2.45) is 0 Å². The van der Waals surface area contributed by atoms with Gasteiger partial charge in [-0.1, -0.05) is 6.07 Å². The summed E-state index contributed by atoms with van der Waals surface area (Å²) in [4.78, 5) is 8.38. The highest BCUT2D eigenvalue weighted by Gasteiger charge is 2.02. The Kier molecular flexibility index (Phi) is 3.62. The summed E-state index contributed by atoms with van der Waals surface area (Å²) in [5, 5.41) is 3.12. The lowest BCUT2D eigenvalue weighted by molar-refractivity contribution is 0.232. The van der Waals surface area contributed by atoms with Crippen molar-refractivity contribution in [1.29, 1.82) is 0 Å². The lowest BCUT2D eigenvalue weighted by atomic mass is 10.3. The van der Waals surface area contributed by atoms with Gasteiger partial charge in [-0.15, -0.1) is 0 Å². The highest BCUT2D eigenvalue weighted by atomic mass is 16.5. The number of anilines is 3. The molecule has 2 aromatic rings. The van der Waals surface area contributed by atoms with E-state index in [0.717, 1.165) is 5.69 Å². The van der Waals surface area contributed by atoms with Crippen LogP contribution in [0.15, 0.2) is 36.7 Å². The Morgan fingerprint density at radius 2 is 2.11 bits per heavy atom. The molecule has 1 heterocycles. The van der Waals surface area contributed by atoms with E-state index in [1.807, 2.05) is 38.1 Å². The molecule has 0 saturated carbocycles. The minimum absolute atomic E-state index is 0.0712. The number of hydrogen-bond acceptors (Lipinski definition) is 5. The van der Waals surface area contributed by atoms with Crippen LogP contribution in [0.25, 0.3) is 0 Å². The van der Waals surface area contributed by atoms with Crippen LogP contribution in [0.3, 0.4) is 0 Å². The van der Waals surface area contributed by atoms with Gasteiger partial charge in [0.2, 0.25) is 5.88 Å². The minimum Gasteiger partial charge on any atom is -0.474 e. The molecule has 3 N–H and O–H groups in total. The van der Waals surface area contributed by atoms with Gasteiger partial charge < -0.3 is 15.8 Å². The first-order valence-corrected chi connectivity index (χ1v) is 5.75. The third kappa shape index (κ3) is 3.35. The van der Waals surface area contributed by atoms with Gasteiger partial charge in [-0.25, -0.2) is 0 Å². The lowest BCUT2D eigenvalue weighted by Gasteiger charge is -2.10. The Balaban J connectivity index is 2.14. The van der Waals surface area contributed by atoms with Gasteiger partial charge in [-0.3, -0.25) is 4.98 Å². The molecule has 0 spiro atoms. The van der Waals surface area contributed by atoms with E-state index >= 15 is 0 Å². The summed E-state index contributed by atoms with van der Waals surface area (Å²) in [7, 11) is 0. The van der Waals surface area contributed by atoms with E-state index in [9.17, 15) is 0 Å². The number of nitrogens with one attached hydrogen (secondary N) is 1. The molecular formula is C13H16N4O. The second-order valence-electron chi connectivity index (χ2n) is 4.16. The first kappa shape index (κ1) is 12.2. The molecule has 0 bridgehead atoms. The van der Waals surface area contributed by atoms with Crippen molar-refractivity contribution in [2.75, 3.05) is 11.1 Å². The summed E-state index contributed by atoms with van der Waals surface area (Å²) in [5.41, 5.74) is 7.27. The summed E-state index contributed by atoms with van der Waals surface area (Å²) in [6.45, 7) is 3.89. The van der Waals surface area contributed by atoms with Gasteiger partial charge in [-0.05, 0) is 32.0 Å². The summed E-state index contributed by atoms with van der Waals surface area (Å²) in [6, 6.07) is 7.44. The molecule has 18 heavy (non-hydrogen) atoms. The van der Waals surface area contributed by atoms with Gasteiger partial charge >= 0.3 is 0 Å². The molecule has 0 atom stereocenters. The number of aromatic nitrogens is 2. The molecule has 5 nitrogen and oxygen atoms in total. The fraction of sp³-hybridized carbons (Fsp3) is 0.231. The summed E-state index contributed by atoms with van der Waals surface area (Å²) < 4.78 is 5.48. The normalized spacial score (nSPS) is 10.4. The van der Waals surface area contributed by atoms with Gasteiger partial charge in [0.05, 0.1) is 18.5 Å². The van der Waals surface area contributed by atoms with E-state index in [1.165, 1.54) is 0 Å². The zero-order valence-corrected chi connectivity index (χ0v) is 10.4. The van der Waals surface area contributed by atoms with Crippen molar-refractivity contribution in [2.45, 2.75) is 20.0 Å². The van der Waals surface area contributed by atoms with Gasteiger partial charge in [0.15, 0.2) is 5.82 Å². The lowest BCUT2D eigenvalue weighted by Crippen LogP contribution is -2.08. The molecule has 0 amide bonds. The second-order valence-corrected chi connectivity index (χ2v) is 4.16. The summed E-state index contributed by atoms with van der Waals surface area (Å²) in [5.74, 6) is 1.12. The van der Waals surface area contributed by atoms with Crippen LogP contribution in [0.1, 0.15) is 13.8 Å². The number of nitrogens with zero attached hydrogens (tertiary/aromatic N) is 2. The molecule has 0 aliphatic carbocycles. The van der Waals surface area contributed by atoms with Gasteiger partial charge in [-0.2, -0.15) is 4.98 Å². The van der Waals surface area contributed by atoms with Crippen LogP contribution in [-0.4, -0.2) is 16.1 Å². The molecule has 0 aliphatic rings. The smallest absolute Gasteiger partial charge is 0.234 e. The number of hydrogen-bond donors (Lipinski definition) is 2. The third-order valence-corrected chi connectivity index (χ3v) is 2.13. The van der Waals surface area contributed by atoms with E-state index < -0.39 is 0 Å². The van der Waals surface area contributed by atoms with Gasteiger partial charge in [0.1, 0.15) is 0 Å². The first-order valence-electron chi connectivity index (χ1n) is 5.75. The average molecular weight is 244 g/mol. The fourth-order valence-corrected chi connectivity index (χ4v) is 1.47. The monoisotopic (exact) mass is 244 g/mol.